The van der Waals surface area contributed by atoms with Crippen molar-refractivity contribution in [1.82, 2.24) is 14.1 Å². The highest BCUT2D eigenvalue weighted by Gasteiger charge is 2.34. The van der Waals surface area contributed by atoms with E-state index < -0.39 is 21.9 Å². The Morgan fingerprint density at radius 1 is 1.41 bits per heavy atom. The SMILES string of the molecule is O=C(O)C1CCCN(S(=O)(=O)c2cnn(C3CCOC3)c2)C1. The van der Waals surface area contributed by atoms with Gasteiger partial charge in [-0.1, -0.05) is 0 Å². The molecule has 3 rings (SSSR count). The number of hydrogen-bond donors (Lipinski definition) is 1. The van der Waals surface area contributed by atoms with Crippen molar-refractivity contribution in [3.63, 3.8) is 0 Å². The van der Waals surface area contributed by atoms with E-state index in [0.29, 0.717) is 32.6 Å². The molecule has 8 nitrogen and oxygen atoms in total. The summed E-state index contributed by atoms with van der Waals surface area (Å²) in [5, 5.41) is 13.2. The van der Waals surface area contributed by atoms with Crippen molar-refractivity contribution in [3.05, 3.63) is 12.4 Å². The van der Waals surface area contributed by atoms with Gasteiger partial charge in [0, 0.05) is 25.9 Å². The number of piperidine rings is 1. The minimum atomic E-state index is -3.69. The molecular weight excluding hydrogens is 310 g/mol. The molecule has 2 atom stereocenters. The maximum atomic E-state index is 12.6. The highest BCUT2D eigenvalue weighted by atomic mass is 32.2. The van der Waals surface area contributed by atoms with E-state index in [2.05, 4.69) is 5.10 Å². The highest BCUT2D eigenvalue weighted by molar-refractivity contribution is 7.89. The molecule has 1 aromatic heterocycles. The fourth-order valence-corrected chi connectivity index (χ4v) is 4.36. The van der Waals surface area contributed by atoms with Crippen LogP contribution in [-0.2, 0) is 19.6 Å². The number of aliphatic carboxylic acids is 1. The first kappa shape index (κ1) is 15.4. The second kappa shape index (κ2) is 5.98. The van der Waals surface area contributed by atoms with Gasteiger partial charge in [-0.2, -0.15) is 9.40 Å². The molecule has 2 aliphatic rings. The van der Waals surface area contributed by atoms with Gasteiger partial charge in [-0.3, -0.25) is 9.48 Å². The van der Waals surface area contributed by atoms with Crippen LogP contribution in [0.25, 0.3) is 0 Å². The van der Waals surface area contributed by atoms with E-state index in [1.807, 2.05) is 0 Å². The van der Waals surface area contributed by atoms with Crippen LogP contribution in [0.4, 0.5) is 0 Å². The molecule has 2 unspecified atom stereocenters. The number of carbonyl (C=O) groups is 1. The van der Waals surface area contributed by atoms with Crippen LogP contribution in [0.1, 0.15) is 25.3 Å². The fourth-order valence-electron chi connectivity index (χ4n) is 2.90. The lowest BCUT2D eigenvalue weighted by molar-refractivity contribution is -0.142. The second-order valence-electron chi connectivity index (χ2n) is 5.71. The largest absolute Gasteiger partial charge is 0.481 e. The van der Waals surface area contributed by atoms with Crippen LogP contribution in [0.15, 0.2) is 17.3 Å². The monoisotopic (exact) mass is 329 g/mol. The van der Waals surface area contributed by atoms with Crippen LogP contribution in [0, 0.1) is 5.92 Å². The van der Waals surface area contributed by atoms with Crippen LogP contribution >= 0.6 is 0 Å². The standard InChI is InChI=1S/C13H19N3O5S/c17-13(18)10-2-1-4-15(7-10)22(19,20)12-6-14-16(8-12)11-3-5-21-9-11/h6,8,10-11H,1-5,7,9H2,(H,17,18). The summed E-state index contributed by atoms with van der Waals surface area (Å²) in [5.74, 6) is -1.58. The molecular formula is C13H19N3O5S. The summed E-state index contributed by atoms with van der Waals surface area (Å²) in [7, 11) is -3.69. The quantitative estimate of drug-likeness (QED) is 0.854. The molecule has 2 saturated heterocycles. The maximum absolute atomic E-state index is 12.6. The van der Waals surface area contributed by atoms with E-state index in [1.54, 1.807) is 4.68 Å². The predicted octanol–water partition coefficient (Wildman–Crippen LogP) is 0.330. The summed E-state index contributed by atoms with van der Waals surface area (Å²) >= 11 is 0. The van der Waals surface area contributed by atoms with E-state index in [0.717, 1.165) is 6.42 Å². The molecule has 0 radical (unpaired) electrons. The summed E-state index contributed by atoms with van der Waals surface area (Å²) in [6.45, 7) is 1.56. The molecule has 2 aliphatic heterocycles. The van der Waals surface area contributed by atoms with Crippen LogP contribution in [0.5, 0.6) is 0 Å². The molecule has 0 aliphatic carbocycles. The van der Waals surface area contributed by atoms with Crippen molar-refractivity contribution in [2.45, 2.75) is 30.2 Å². The average molecular weight is 329 g/mol. The van der Waals surface area contributed by atoms with Gasteiger partial charge in [0.15, 0.2) is 0 Å². The molecule has 0 saturated carbocycles. The van der Waals surface area contributed by atoms with Gasteiger partial charge in [-0.25, -0.2) is 8.42 Å². The molecule has 0 spiro atoms. The van der Waals surface area contributed by atoms with Gasteiger partial charge in [-0.15, -0.1) is 0 Å². The fraction of sp³-hybridized carbons (Fsp3) is 0.692. The van der Waals surface area contributed by atoms with Gasteiger partial charge in [0.25, 0.3) is 0 Å². The second-order valence-corrected chi connectivity index (χ2v) is 7.65. The molecule has 0 amide bonds. The summed E-state index contributed by atoms with van der Waals surface area (Å²) in [5.41, 5.74) is 0. The number of carboxylic acids is 1. The molecule has 2 fully saturated rings. The summed E-state index contributed by atoms with van der Waals surface area (Å²) < 4.78 is 33.4. The van der Waals surface area contributed by atoms with E-state index in [9.17, 15) is 13.2 Å². The zero-order valence-corrected chi connectivity index (χ0v) is 12.9. The Morgan fingerprint density at radius 3 is 2.91 bits per heavy atom. The Morgan fingerprint density at radius 2 is 2.23 bits per heavy atom. The Kier molecular flexibility index (Phi) is 4.20. The number of hydrogen-bond acceptors (Lipinski definition) is 5. The van der Waals surface area contributed by atoms with Crippen molar-refractivity contribution >= 4 is 16.0 Å². The smallest absolute Gasteiger partial charge is 0.307 e. The van der Waals surface area contributed by atoms with Gasteiger partial charge >= 0.3 is 5.97 Å². The Labute approximate surface area is 128 Å². The van der Waals surface area contributed by atoms with Gasteiger partial charge in [0.1, 0.15) is 4.90 Å². The van der Waals surface area contributed by atoms with Crippen molar-refractivity contribution in [1.29, 1.82) is 0 Å². The Bertz CT molecular complexity index is 650. The minimum absolute atomic E-state index is 0.0232. The number of aromatic nitrogens is 2. The van der Waals surface area contributed by atoms with Crippen molar-refractivity contribution in [2.24, 2.45) is 5.92 Å². The van der Waals surface area contributed by atoms with Crippen LogP contribution < -0.4 is 0 Å². The first-order chi connectivity index (χ1) is 10.5. The molecule has 1 N–H and O–H groups in total. The average Bonchev–Trinajstić information content (AvgIpc) is 3.18. The first-order valence-electron chi connectivity index (χ1n) is 7.33. The molecule has 122 valence electrons. The molecule has 1 aromatic rings. The molecule has 3 heterocycles. The zero-order valence-electron chi connectivity index (χ0n) is 12.1. The topological polar surface area (TPSA) is 102 Å². The maximum Gasteiger partial charge on any atom is 0.307 e. The Hall–Kier alpha value is -1.45. The number of rotatable bonds is 4. The van der Waals surface area contributed by atoms with E-state index >= 15 is 0 Å². The van der Waals surface area contributed by atoms with E-state index in [-0.39, 0.29) is 17.5 Å². The first-order valence-corrected chi connectivity index (χ1v) is 8.77. The highest BCUT2D eigenvalue weighted by Crippen LogP contribution is 2.25. The third-order valence-electron chi connectivity index (χ3n) is 4.23. The van der Waals surface area contributed by atoms with Gasteiger partial charge in [0.2, 0.25) is 10.0 Å². The number of carboxylic acid groups (broad SMARTS) is 1. The lowest BCUT2D eigenvalue weighted by atomic mass is 10.0. The summed E-state index contributed by atoms with van der Waals surface area (Å²) in [6.07, 6.45) is 4.73. The molecule has 0 bridgehead atoms. The van der Waals surface area contributed by atoms with E-state index in [4.69, 9.17) is 9.84 Å². The van der Waals surface area contributed by atoms with Crippen molar-refractivity contribution in [3.8, 4) is 0 Å². The molecule has 22 heavy (non-hydrogen) atoms. The van der Waals surface area contributed by atoms with Gasteiger partial charge in [0.05, 0.1) is 24.8 Å². The number of nitrogens with zero attached hydrogens (tertiary/aromatic N) is 3. The molecule has 0 aromatic carbocycles. The predicted molar refractivity (Wildman–Crippen MR) is 75.8 cm³/mol. The van der Waals surface area contributed by atoms with Crippen LogP contribution in [-0.4, -0.2) is 59.9 Å². The van der Waals surface area contributed by atoms with E-state index in [1.165, 1.54) is 16.7 Å². The molecule has 9 heteroatoms. The number of sulfonamides is 1. The summed E-state index contributed by atoms with van der Waals surface area (Å²) in [6, 6.07) is 0.0667. The van der Waals surface area contributed by atoms with Crippen LogP contribution in [0.2, 0.25) is 0 Å². The minimum Gasteiger partial charge on any atom is -0.481 e. The third-order valence-corrected chi connectivity index (χ3v) is 6.05. The van der Waals surface area contributed by atoms with Gasteiger partial charge < -0.3 is 9.84 Å². The lowest BCUT2D eigenvalue weighted by Crippen LogP contribution is -2.42. The van der Waals surface area contributed by atoms with Crippen molar-refractivity contribution < 1.29 is 23.1 Å². The lowest BCUT2D eigenvalue weighted by Gasteiger charge is -2.29. The van der Waals surface area contributed by atoms with Gasteiger partial charge in [-0.05, 0) is 19.3 Å². The zero-order chi connectivity index (χ0) is 15.7. The normalized spacial score (nSPS) is 27.1. The number of ether oxygens (including phenoxy) is 1. The summed E-state index contributed by atoms with van der Waals surface area (Å²) in [4.78, 5) is 11.2. The van der Waals surface area contributed by atoms with Crippen LogP contribution in [0.3, 0.4) is 0 Å². The third kappa shape index (κ3) is 2.88. The van der Waals surface area contributed by atoms with Crippen molar-refractivity contribution in [2.75, 3.05) is 26.3 Å². The Balaban J connectivity index is 1.78.